The van der Waals surface area contributed by atoms with Crippen LogP contribution in [0.2, 0.25) is 15.1 Å². The number of benzene rings is 1. The number of hydrogen-bond acceptors (Lipinski definition) is 2. The molecular weight excluding hydrogens is 350 g/mol. The van der Waals surface area contributed by atoms with E-state index in [0.717, 1.165) is 12.3 Å². The maximum absolute atomic E-state index is 13.2. The first kappa shape index (κ1) is 16.2. The number of rotatable bonds is 2. The molecule has 0 saturated carbocycles. The van der Waals surface area contributed by atoms with E-state index in [0.29, 0.717) is 0 Å². The molecule has 0 unspecified atom stereocenters. The van der Waals surface area contributed by atoms with Gasteiger partial charge < -0.3 is 4.74 Å². The molecule has 0 aliphatic heterocycles. The van der Waals surface area contributed by atoms with E-state index in [2.05, 4.69) is 4.98 Å². The first-order valence-corrected chi connectivity index (χ1v) is 6.64. The normalized spacial score (nSPS) is 11.6. The standard InChI is InChI=1S/C13H7Cl3F3NO/c1-21-12-10(7(2-3-20-12)13(17,18)19)6-4-8(14)11(16)9(15)5-6/h2-5H,1H3. The molecule has 21 heavy (non-hydrogen) atoms. The predicted octanol–water partition coefficient (Wildman–Crippen LogP) is 5.74. The minimum Gasteiger partial charge on any atom is -0.481 e. The summed E-state index contributed by atoms with van der Waals surface area (Å²) in [4.78, 5) is 3.79. The third-order valence-electron chi connectivity index (χ3n) is 2.69. The van der Waals surface area contributed by atoms with Gasteiger partial charge in [0.05, 0.1) is 33.3 Å². The molecule has 0 aliphatic carbocycles. The zero-order chi connectivity index (χ0) is 15.8. The van der Waals surface area contributed by atoms with E-state index in [1.165, 1.54) is 19.2 Å². The molecule has 0 spiro atoms. The van der Waals surface area contributed by atoms with Crippen LogP contribution in [-0.2, 0) is 6.18 Å². The summed E-state index contributed by atoms with van der Waals surface area (Å²) in [5.74, 6) is -0.181. The van der Waals surface area contributed by atoms with Crippen LogP contribution in [0.15, 0.2) is 24.4 Å². The highest BCUT2D eigenvalue weighted by Crippen LogP contribution is 2.43. The third kappa shape index (κ3) is 3.20. The minimum atomic E-state index is -4.58. The second-order valence-electron chi connectivity index (χ2n) is 3.99. The first-order valence-electron chi connectivity index (χ1n) is 5.50. The van der Waals surface area contributed by atoms with Crippen molar-refractivity contribution in [3.8, 4) is 17.0 Å². The van der Waals surface area contributed by atoms with Crippen LogP contribution in [0.5, 0.6) is 5.88 Å². The van der Waals surface area contributed by atoms with Crippen LogP contribution in [0, 0.1) is 0 Å². The van der Waals surface area contributed by atoms with Crippen LogP contribution in [0.1, 0.15) is 5.56 Å². The lowest BCUT2D eigenvalue weighted by Gasteiger charge is -2.16. The van der Waals surface area contributed by atoms with Gasteiger partial charge in [-0.05, 0) is 23.8 Å². The molecular formula is C13H7Cl3F3NO. The Bertz CT molecular complexity index is 666. The number of nitrogens with zero attached hydrogens (tertiary/aromatic N) is 1. The average Bonchev–Trinajstić information content (AvgIpc) is 2.42. The van der Waals surface area contributed by atoms with Crippen molar-refractivity contribution in [2.45, 2.75) is 6.18 Å². The SMILES string of the molecule is COc1nccc(C(F)(F)F)c1-c1cc(Cl)c(Cl)c(Cl)c1. The topological polar surface area (TPSA) is 22.1 Å². The van der Waals surface area contributed by atoms with Crippen molar-refractivity contribution in [2.24, 2.45) is 0 Å². The molecule has 0 N–H and O–H groups in total. The number of ether oxygens (including phenoxy) is 1. The fourth-order valence-corrected chi connectivity index (χ4v) is 2.41. The lowest BCUT2D eigenvalue weighted by Crippen LogP contribution is -2.09. The summed E-state index contributed by atoms with van der Waals surface area (Å²) in [5.41, 5.74) is -1.02. The lowest BCUT2D eigenvalue weighted by atomic mass is 10.0. The van der Waals surface area contributed by atoms with E-state index < -0.39 is 11.7 Å². The van der Waals surface area contributed by atoms with Crippen LogP contribution in [-0.4, -0.2) is 12.1 Å². The number of hydrogen-bond donors (Lipinski definition) is 0. The maximum atomic E-state index is 13.2. The fourth-order valence-electron chi connectivity index (χ4n) is 1.81. The van der Waals surface area contributed by atoms with Gasteiger partial charge in [0.1, 0.15) is 0 Å². The Labute approximate surface area is 133 Å². The molecule has 2 rings (SSSR count). The fraction of sp³-hybridized carbons (Fsp3) is 0.154. The van der Waals surface area contributed by atoms with Crippen LogP contribution in [0.25, 0.3) is 11.1 Å². The van der Waals surface area contributed by atoms with Gasteiger partial charge in [0.25, 0.3) is 0 Å². The molecule has 0 aliphatic rings. The van der Waals surface area contributed by atoms with E-state index in [9.17, 15) is 13.2 Å². The number of pyridine rings is 1. The zero-order valence-electron chi connectivity index (χ0n) is 10.4. The molecule has 1 heterocycles. The smallest absolute Gasteiger partial charge is 0.417 e. The number of methoxy groups -OCH3 is 1. The molecule has 1 aromatic carbocycles. The maximum Gasteiger partial charge on any atom is 0.417 e. The van der Waals surface area contributed by atoms with Crippen molar-refractivity contribution in [1.29, 1.82) is 0 Å². The summed E-state index contributed by atoms with van der Waals surface area (Å²) in [6.45, 7) is 0. The molecule has 8 heteroatoms. The van der Waals surface area contributed by atoms with Crippen LogP contribution in [0.3, 0.4) is 0 Å². The van der Waals surface area contributed by atoms with Crippen molar-refractivity contribution in [3.05, 3.63) is 45.0 Å². The van der Waals surface area contributed by atoms with Gasteiger partial charge in [0.2, 0.25) is 5.88 Å². The van der Waals surface area contributed by atoms with Crippen LogP contribution >= 0.6 is 34.8 Å². The molecule has 112 valence electrons. The quantitative estimate of drug-likeness (QED) is 0.640. The van der Waals surface area contributed by atoms with Crippen molar-refractivity contribution in [3.63, 3.8) is 0 Å². The van der Waals surface area contributed by atoms with E-state index >= 15 is 0 Å². The van der Waals surface area contributed by atoms with E-state index in [1.807, 2.05) is 0 Å². The van der Waals surface area contributed by atoms with Gasteiger partial charge in [-0.2, -0.15) is 13.2 Å². The largest absolute Gasteiger partial charge is 0.481 e. The lowest BCUT2D eigenvalue weighted by molar-refractivity contribution is -0.137. The Morgan fingerprint density at radius 1 is 1.10 bits per heavy atom. The Morgan fingerprint density at radius 2 is 1.67 bits per heavy atom. The number of aromatic nitrogens is 1. The van der Waals surface area contributed by atoms with Crippen LogP contribution in [0.4, 0.5) is 13.2 Å². The predicted molar refractivity (Wildman–Crippen MR) is 76.3 cm³/mol. The monoisotopic (exact) mass is 355 g/mol. The summed E-state index contributed by atoms with van der Waals surface area (Å²) < 4.78 is 44.4. The van der Waals surface area contributed by atoms with Gasteiger partial charge in [-0.15, -0.1) is 0 Å². The van der Waals surface area contributed by atoms with Gasteiger partial charge in [-0.25, -0.2) is 4.98 Å². The highest BCUT2D eigenvalue weighted by Gasteiger charge is 2.35. The van der Waals surface area contributed by atoms with Gasteiger partial charge in [0, 0.05) is 6.20 Å². The van der Waals surface area contributed by atoms with Gasteiger partial charge in [-0.1, -0.05) is 34.8 Å². The third-order valence-corrected chi connectivity index (χ3v) is 3.88. The molecule has 0 bridgehead atoms. The molecule has 0 fully saturated rings. The first-order chi connectivity index (χ1) is 9.75. The summed E-state index contributed by atoms with van der Waals surface area (Å²) in [7, 11) is 1.23. The number of halogens is 6. The molecule has 0 saturated heterocycles. The Balaban J connectivity index is 2.79. The zero-order valence-corrected chi connectivity index (χ0v) is 12.7. The Morgan fingerprint density at radius 3 is 2.14 bits per heavy atom. The van der Waals surface area contributed by atoms with E-state index in [1.54, 1.807) is 0 Å². The van der Waals surface area contributed by atoms with E-state index in [-0.39, 0.29) is 32.1 Å². The van der Waals surface area contributed by atoms with Gasteiger partial charge in [0.15, 0.2) is 0 Å². The summed E-state index contributed by atoms with van der Waals surface area (Å²) in [6.07, 6.45) is -3.56. The van der Waals surface area contributed by atoms with Crippen molar-refractivity contribution >= 4 is 34.8 Å². The van der Waals surface area contributed by atoms with Crippen LogP contribution < -0.4 is 4.74 Å². The Hall–Kier alpha value is -1.17. The number of alkyl halides is 3. The van der Waals surface area contributed by atoms with Gasteiger partial charge in [-0.3, -0.25) is 0 Å². The molecule has 0 amide bonds. The molecule has 1 aromatic heterocycles. The minimum absolute atomic E-state index is 0.0400. The summed E-state index contributed by atoms with van der Waals surface area (Å²) in [5, 5.41) is 0.148. The second kappa shape index (κ2) is 5.91. The highest BCUT2D eigenvalue weighted by atomic mass is 35.5. The molecule has 0 atom stereocenters. The highest BCUT2D eigenvalue weighted by molar-refractivity contribution is 6.48. The molecule has 2 nitrogen and oxygen atoms in total. The Kier molecular flexibility index (Phi) is 4.56. The van der Waals surface area contributed by atoms with E-state index in [4.69, 9.17) is 39.5 Å². The molecule has 0 radical (unpaired) electrons. The summed E-state index contributed by atoms with van der Waals surface area (Å²) >= 11 is 17.6. The van der Waals surface area contributed by atoms with Gasteiger partial charge >= 0.3 is 6.18 Å². The van der Waals surface area contributed by atoms with Crippen molar-refractivity contribution in [1.82, 2.24) is 4.98 Å². The van der Waals surface area contributed by atoms with Crippen molar-refractivity contribution < 1.29 is 17.9 Å². The average molecular weight is 357 g/mol. The van der Waals surface area contributed by atoms with Crippen molar-refractivity contribution in [2.75, 3.05) is 7.11 Å². The summed E-state index contributed by atoms with van der Waals surface area (Å²) in [6, 6.07) is 3.42. The second-order valence-corrected chi connectivity index (χ2v) is 5.19. The molecule has 2 aromatic rings.